The van der Waals surface area contributed by atoms with Gasteiger partial charge in [-0.25, -0.2) is 0 Å². The van der Waals surface area contributed by atoms with Crippen LogP contribution in [0, 0.1) is 0 Å². The van der Waals surface area contributed by atoms with Gasteiger partial charge in [0.25, 0.3) is 0 Å². The molecule has 1 aromatic rings. The molecule has 2 atom stereocenters. The maximum Gasteiger partial charge on any atom is 0.218 e. The number of benzene rings is 1. The predicted molar refractivity (Wildman–Crippen MR) is 70.5 cm³/mol. The first-order valence-corrected chi connectivity index (χ1v) is 6.13. The van der Waals surface area contributed by atoms with Crippen LogP contribution < -0.4 is 5.32 Å². The highest BCUT2D eigenvalue weighted by atomic mass is 35.5. The highest BCUT2D eigenvalue weighted by Gasteiger charge is 2.35. The van der Waals surface area contributed by atoms with Gasteiger partial charge >= 0.3 is 0 Å². The van der Waals surface area contributed by atoms with Gasteiger partial charge in [-0.15, -0.1) is 0 Å². The Hall–Kier alpha value is -1.26. The SMILES string of the molecule is CCc1cccc(O)c1C(O)C(C)(Cl)NC(C)=O. The van der Waals surface area contributed by atoms with E-state index in [1.807, 2.05) is 6.92 Å². The largest absolute Gasteiger partial charge is 0.508 e. The molecule has 2 unspecified atom stereocenters. The number of aromatic hydroxyl groups is 1. The Labute approximate surface area is 112 Å². The Morgan fingerprint density at radius 2 is 2.17 bits per heavy atom. The van der Waals surface area contributed by atoms with Crippen LogP contribution in [0.25, 0.3) is 0 Å². The molecular formula is C13H18ClNO3. The molecule has 0 bridgehead atoms. The van der Waals surface area contributed by atoms with Crippen molar-refractivity contribution in [3.05, 3.63) is 29.3 Å². The van der Waals surface area contributed by atoms with Crippen LogP contribution in [0.1, 0.15) is 38.0 Å². The van der Waals surface area contributed by atoms with Gasteiger partial charge in [0.05, 0.1) is 0 Å². The molecular weight excluding hydrogens is 254 g/mol. The van der Waals surface area contributed by atoms with Gasteiger partial charge in [-0.1, -0.05) is 30.7 Å². The molecule has 0 aliphatic heterocycles. The summed E-state index contributed by atoms with van der Waals surface area (Å²) < 4.78 is 0. The first-order chi connectivity index (χ1) is 8.29. The monoisotopic (exact) mass is 271 g/mol. The quantitative estimate of drug-likeness (QED) is 0.580. The fourth-order valence-corrected chi connectivity index (χ4v) is 2.15. The lowest BCUT2D eigenvalue weighted by molar-refractivity contribution is -0.121. The summed E-state index contributed by atoms with van der Waals surface area (Å²) in [7, 11) is 0. The lowest BCUT2D eigenvalue weighted by Gasteiger charge is -2.30. The second-order valence-electron chi connectivity index (χ2n) is 4.36. The number of carbonyl (C=O) groups excluding carboxylic acids is 1. The van der Waals surface area contributed by atoms with Crippen molar-refractivity contribution in [2.24, 2.45) is 0 Å². The summed E-state index contributed by atoms with van der Waals surface area (Å²) in [5, 5.41) is 22.6. The Kier molecular flexibility index (Phi) is 4.59. The van der Waals surface area contributed by atoms with E-state index in [1.54, 1.807) is 12.1 Å². The maximum atomic E-state index is 11.1. The molecule has 0 saturated carbocycles. The van der Waals surface area contributed by atoms with Crippen molar-refractivity contribution in [2.75, 3.05) is 0 Å². The molecule has 3 N–H and O–H groups in total. The van der Waals surface area contributed by atoms with E-state index in [-0.39, 0.29) is 11.7 Å². The summed E-state index contributed by atoms with van der Waals surface area (Å²) in [4.78, 5) is 9.70. The number of carbonyl (C=O) groups is 1. The van der Waals surface area contributed by atoms with Gasteiger partial charge in [0, 0.05) is 12.5 Å². The number of hydrogen-bond acceptors (Lipinski definition) is 3. The minimum atomic E-state index is -1.37. The zero-order chi connectivity index (χ0) is 13.9. The van der Waals surface area contributed by atoms with Crippen molar-refractivity contribution in [3.8, 4) is 5.75 Å². The van der Waals surface area contributed by atoms with E-state index in [0.717, 1.165) is 5.56 Å². The summed E-state index contributed by atoms with van der Waals surface area (Å²) >= 11 is 6.12. The average Bonchev–Trinajstić information content (AvgIpc) is 2.26. The number of nitrogens with one attached hydrogen (secondary N) is 1. The smallest absolute Gasteiger partial charge is 0.218 e. The summed E-state index contributed by atoms with van der Waals surface area (Å²) in [5.74, 6) is -0.376. The van der Waals surface area contributed by atoms with Gasteiger partial charge in [0.15, 0.2) is 0 Å². The number of rotatable bonds is 4. The van der Waals surface area contributed by atoms with E-state index in [1.165, 1.54) is 19.9 Å². The molecule has 0 aliphatic rings. The zero-order valence-electron chi connectivity index (χ0n) is 10.7. The minimum Gasteiger partial charge on any atom is -0.508 e. The number of phenolic OH excluding ortho intramolecular Hbond substituents is 1. The third kappa shape index (κ3) is 3.15. The first kappa shape index (κ1) is 14.8. The fourth-order valence-electron chi connectivity index (χ4n) is 1.91. The molecule has 1 amide bonds. The molecule has 0 spiro atoms. The molecule has 0 aromatic heterocycles. The molecule has 1 aromatic carbocycles. The van der Waals surface area contributed by atoms with Crippen molar-refractivity contribution in [1.82, 2.24) is 5.32 Å². The molecule has 100 valence electrons. The highest BCUT2D eigenvalue weighted by molar-refractivity contribution is 6.24. The van der Waals surface area contributed by atoms with Crippen LogP contribution in [-0.2, 0) is 11.2 Å². The molecule has 0 heterocycles. The van der Waals surface area contributed by atoms with E-state index in [0.29, 0.717) is 12.0 Å². The number of aryl methyl sites for hydroxylation is 1. The van der Waals surface area contributed by atoms with Crippen LogP contribution in [0.3, 0.4) is 0 Å². The number of halogens is 1. The number of aliphatic hydroxyl groups excluding tert-OH is 1. The van der Waals surface area contributed by atoms with Crippen LogP contribution in [0.15, 0.2) is 18.2 Å². The predicted octanol–water partition coefficient (Wildman–Crippen LogP) is 2.08. The lowest BCUT2D eigenvalue weighted by Crippen LogP contribution is -2.45. The van der Waals surface area contributed by atoms with Gasteiger partial charge in [0.1, 0.15) is 16.9 Å². The first-order valence-electron chi connectivity index (χ1n) is 5.76. The third-order valence-corrected chi connectivity index (χ3v) is 3.06. The summed E-state index contributed by atoms with van der Waals surface area (Å²) in [6.07, 6.45) is -0.549. The molecule has 4 nitrogen and oxygen atoms in total. The topological polar surface area (TPSA) is 69.6 Å². The van der Waals surface area contributed by atoms with Crippen molar-refractivity contribution in [2.45, 2.75) is 38.3 Å². The Morgan fingerprint density at radius 1 is 1.56 bits per heavy atom. The number of alkyl halides is 1. The minimum absolute atomic E-state index is 0.0286. The summed E-state index contributed by atoms with van der Waals surface area (Å²) in [5.41, 5.74) is 1.14. The molecule has 0 radical (unpaired) electrons. The average molecular weight is 272 g/mol. The number of aliphatic hydroxyl groups is 1. The van der Waals surface area contributed by atoms with Crippen LogP contribution in [0.4, 0.5) is 0 Å². The normalized spacial score (nSPS) is 15.8. The maximum absolute atomic E-state index is 11.1. The highest BCUT2D eigenvalue weighted by Crippen LogP contribution is 2.36. The second-order valence-corrected chi connectivity index (χ2v) is 5.15. The van der Waals surface area contributed by atoms with Gasteiger partial charge < -0.3 is 15.5 Å². The standard InChI is InChI=1S/C13H18ClNO3/c1-4-9-6-5-7-10(17)11(9)12(18)13(3,14)15-8(2)16/h5-7,12,17-18H,4H2,1-3H3,(H,15,16). The Balaban J connectivity index is 3.17. The van der Waals surface area contributed by atoms with Crippen molar-refractivity contribution in [3.63, 3.8) is 0 Å². The van der Waals surface area contributed by atoms with Crippen LogP contribution >= 0.6 is 11.6 Å². The molecule has 0 aliphatic carbocycles. The molecule has 18 heavy (non-hydrogen) atoms. The van der Waals surface area contributed by atoms with Crippen molar-refractivity contribution < 1.29 is 15.0 Å². The van der Waals surface area contributed by atoms with Gasteiger partial charge in [0.2, 0.25) is 5.91 Å². The van der Waals surface area contributed by atoms with E-state index < -0.39 is 11.1 Å². The van der Waals surface area contributed by atoms with E-state index >= 15 is 0 Å². The van der Waals surface area contributed by atoms with E-state index in [9.17, 15) is 15.0 Å². The Bertz CT molecular complexity index is 446. The van der Waals surface area contributed by atoms with Gasteiger partial charge in [-0.05, 0) is 25.0 Å². The molecule has 0 fully saturated rings. The zero-order valence-corrected chi connectivity index (χ0v) is 11.5. The van der Waals surface area contributed by atoms with E-state index in [4.69, 9.17) is 11.6 Å². The lowest BCUT2D eigenvalue weighted by atomic mass is 9.95. The van der Waals surface area contributed by atoms with Crippen molar-refractivity contribution in [1.29, 1.82) is 0 Å². The second kappa shape index (κ2) is 5.59. The number of amides is 1. The van der Waals surface area contributed by atoms with Crippen LogP contribution in [0.5, 0.6) is 5.75 Å². The fraction of sp³-hybridized carbons (Fsp3) is 0.462. The number of phenols is 1. The van der Waals surface area contributed by atoms with Crippen LogP contribution in [0.2, 0.25) is 0 Å². The number of hydrogen-bond donors (Lipinski definition) is 3. The van der Waals surface area contributed by atoms with Crippen molar-refractivity contribution >= 4 is 17.5 Å². The van der Waals surface area contributed by atoms with Gasteiger partial charge in [-0.3, -0.25) is 4.79 Å². The molecule has 5 heteroatoms. The van der Waals surface area contributed by atoms with Crippen LogP contribution in [-0.4, -0.2) is 21.1 Å². The summed E-state index contributed by atoms with van der Waals surface area (Å²) in [6.45, 7) is 4.72. The molecule has 0 saturated heterocycles. The van der Waals surface area contributed by atoms with E-state index in [2.05, 4.69) is 5.32 Å². The third-order valence-electron chi connectivity index (χ3n) is 2.76. The molecule has 1 rings (SSSR count). The Morgan fingerprint density at radius 3 is 2.67 bits per heavy atom. The summed E-state index contributed by atoms with van der Waals surface area (Å²) in [6, 6.07) is 4.99. The van der Waals surface area contributed by atoms with Gasteiger partial charge in [-0.2, -0.15) is 0 Å².